The van der Waals surface area contributed by atoms with E-state index >= 15 is 0 Å². The Labute approximate surface area is 85.5 Å². The Morgan fingerprint density at radius 3 is 2.93 bits per heavy atom. The van der Waals surface area contributed by atoms with Gasteiger partial charge in [0.1, 0.15) is 0 Å². The molecule has 76 valence electrons. The van der Waals surface area contributed by atoms with Crippen LogP contribution in [-0.4, -0.2) is 6.54 Å². The molecule has 3 N–H and O–H groups in total. The zero-order valence-electron chi connectivity index (χ0n) is 8.88. The van der Waals surface area contributed by atoms with E-state index in [1.807, 2.05) is 12.1 Å². The van der Waals surface area contributed by atoms with Crippen molar-refractivity contribution in [3.05, 3.63) is 23.8 Å². The summed E-state index contributed by atoms with van der Waals surface area (Å²) in [5.41, 5.74) is 9.21. The molecule has 1 aromatic rings. The zero-order valence-corrected chi connectivity index (χ0v) is 8.88. The third-order valence-electron chi connectivity index (χ3n) is 3.11. The second-order valence-corrected chi connectivity index (χ2v) is 4.51. The smallest absolute Gasteiger partial charge is 0.0393 e. The highest BCUT2D eigenvalue weighted by Crippen LogP contribution is 2.29. The van der Waals surface area contributed by atoms with E-state index in [1.54, 1.807) is 0 Å². The SMILES string of the molecule is CC(C)C1CNc2cc(N)ccc2C1. The van der Waals surface area contributed by atoms with E-state index in [1.165, 1.54) is 17.7 Å². The number of anilines is 2. The van der Waals surface area contributed by atoms with E-state index < -0.39 is 0 Å². The van der Waals surface area contributed by atoms with E-state index in [2.05, 4.69) is 25.2 Å². The second kappa shape index (κ2) is 3.52. The van der Waals surface area contributed by atoms with Crippen LogP contribution in [0, 0.1) is 11.8 Å². The lowest BCUT2D eigenvalue weighted by Crippen LogP contribution is -2.27. The molecule has 0 saturated heterocycles. The summed E-state index contributed by atoms with van der Waals surface area (Å²) in [7, 11) is 0. The molecule has 1 aliphatic rings. The highest BCUT2D eigenvalue weighted by Gasteiger charge is 2.20. The number of hydrogen-bond acceptors (Lipinski definition) is 2. The largest absolute Gasteiger partial charge is 0.399 e. The molecule has 2 rings (SSSR count). The molecule has 0 spiro atoms. The average molecular weight is 190 g/mol. The van der Waals surface area contributed by atoms with Crippen LogP contribution in [0.2, 0.25) is 0 Å². The van der Waals surface area contributed by atoms with Gasteiger partial charge in [-0.1, -0.05) is 19.9 Å². The number of rotatable bonds is 1. The van der Waals surface area contributed by atoms with Gasteiger partial charge in [-0.25, -0.2) is 0 Å². The summed E-state index contributed by atoms with van der Waals surface area (Å²) in [6, 6.07) is 6.17. The van der Waals surface area contributed by atoms with E-state index in [9.17, 15) is 0 Å². The van der Waals surface area contributed by atoms with Gasteiger partial charge in [0.2, 0.25) is 0 Å². The maximum Gasteiger partial charge on any atom is 0.0393 e. The van der Waals surface area contributed by atoms with Crippen molar-refractivity contribution in [2.75, 3.05) is 17.6 Å². The minimum absolute atomic E-state index is 0.744. The van der Waals surface area contributed by atoms with Crippen molar-refractivity contribution < 1.29 is 0 Å². The van der Waals surface area contributed by atoms with Gasteiger partial charge in [-0.2, -0.15) is 0 Å². The van der Waals surface area contributed by atoms with Gasteiger partial charge in [0, 0.05) is 17.9 Å². The van der Waals surface area contributed by atoms with Crippen molar-refractivity contribution in [2.45, 2.75) is 20.3 Å². The zero-order chi connectivity index (χ0) is 10.1. The lowest BCUT2D eigenvalue weighted by atomic mass is 9.86. The number of nitrogens with two attached hydrogens (primary N) is 1. The molecular weight excluding hydrogens is 172 g/mol. The van der Waals surface area contributed by atoms with Crippen molar-refractivity contribution in [3.8, 4) is 0 Å². The number of nitrogen functional groups attached to an aromatic ring is 1. The summed E-state index contributed by atoms with van der Waals surface area (Å²) >= 11 is 0. The van der Waals surface area contributed by atoms with Crippen LogP contribution in [0.4, 0.5) is 11.4 Å². The third-order valence-corrected chi connectivity index (χ3v) is 3.11. The lowest BCUT2D eigenvalue weighted by Gasteiger charge is -2.29. The van der Waals surface area contributed by atoms with Crippen LogP contribution in [0.5, 0.6) is 0 Å². The maximum atomic E-state index is 5.74. The minimum Gasteiger partial charge on any atom is -0.399 e. The van der Waals surface area contributed by atoms with Crippen molar-refractivity contribution in [1.82, 2.24) is 0 Å². The van der Waals surface area contributed by atoms with Crippen molar-refractivity contribution in [3.63, 3.8) is 0 Å². The molecule has 2 heteroatoms. The molecule has 1 unspecified atom stereocenters. The Hall–Kier alpha value is -1.18. The maximum absolute atomic E-state index is 5.74. The molecule has 0 amide bonds. The topological polar surface area (TPSA) is 38.0 Å². The standard InChI is InChI=1S/C12H18N2/c1-8(2)10-5-9-3-4-11(13)6-12(9)14-7-10/h3-4,6,8,10,14H,5,7,13H2,1-2H3. The Balaban J connectivity index is 2.23. The fourth-order valence-electron chi connectivity index (χ4n) is 2.00. The van der Waals surface area contributed by atoms with Gasteiger partial charge in [0.15, 0.2) is 0 Å². The normalized spacial score (nSPS) is 20.4. The monoisotopic (exact) mass is 190 g/mol. The van der Waals surface area contributed by atoms with Gasteiger partial charge < -0.3 is 11.1 Å². The Bertz CT molecular complexity index is 331. The molecule has 1 aliphatic heterocycles. The quantitative estimate of drug-likeness (QED) is 0.668. The van der Waals surface area contributed by atoms with E-state index in [-0.39, 0.29) is 0 Å². The molecule has 0 aliphatic carbocycles. The van der Waals surface area contributed by atoms with Gasteiger partial charge in [0.25, 0.3) is 0 Å². The Morgan fingerprint density at radius 1 is 1.43 bits per heavy atom. The third kappa shape index (κ3) is 1.69. The molecule has 0 bridgehead atoms. The summed E-state index contributed by atoms with van der Waals surface area (Å²) in [5.74, 6) is 1.50. The van der Waals surface area contributed by atoms with E-state index in [4.69, 9.17) is 5.73 Å². The van der Waals surface area contributed by atoms with Crippen LogP contribution < -0.4 is 11.1 Å². The first-order valence-electron chi connectivity index (χ1n) is 5.29. The Kier molecular flexibility index (Phi) is 2.36. The highest BCUT2D eigenvalue weighted by molar-refractivity contribution is 5.61. The van der Waals surface area contributed by atoms with Gasteiger partial charge in [-0.15, -0.1) is 0 Å². The molecule has 2 nitrogen and oxygen atoms in total. The Morgan fingerprint density at radius 2 is 2.21 bits per heavy atom. The van der Waals surface area contributed by atoms with Crippen LogP contribution in [0.25, 0.3) is 0 Å². The molecule has 1 atom stereocenters. The van der Waals surface area contributed by atoms with Gasteiger partial charge in [-0.05, 0) is 36.0 Å². The van der Waals surface area contributed by atoms with E-state index in [0.29, 0.717) is 0 Å². The predicted molar refractivity (Wildman–Crippen MR) is 61.4 cm³/mol. The average Bonchev–Trinajstić information content (AvgIpc) is 2.16. The molecular formula is C12H18N2. The van der Waals surface area contributed by atoms with E-state index in [0.717, 1.165) is 24.1 Å². The van der Waals surface area contributed by atoms with Crippen LogP contribution >= 0.6 is 0 Å². The van der Waals surface area contributed by atoms with Crippen molar-refractivity contribution in [2.24, 2.45) is 11.8 Å². The number of benzene rings is 1. The molecule has 0 fully saturated rings. The second-order valence-electron chi connectivity index (χ2n) is 4.51. The predicted octanol–water partition coefficient (Wildman–Crippen LogP) is 2.51. The van der Waals surface area contributed by atoms with Crippen LogP contribution in [0.3, 0.4) is 0 Å². The first-order valence-corrected chi connectivity index (χ1v) is 5.29. The van der Waals surface area contributed by atoms with Gasteiger partial charge in [0.05, 0.1) is 0 Å². The van der Waals surface area contributed by atoms with Crippen LogP contribution in [-0.2, 0) is 6.42 Å². The molecule has 14 heavy (non-hydrogen) atoms. The fraction of sp³-hybridized carbons (Fsp3) is 0.500. The summed E-state index contributed by atoms with van der Waals surface area (Å²) in [5, 5.41) is 3.45. The molecule has 0 aromatic heterocycles. The van der Waals surface area contributed by atoms with Crippen molar-refractivity contribution in [1.29, 1.82) is 0 Å². The number of fused-ring (bicyclic) bond motifs is 1. The van der Waals surface area contributed by atoms with Crippen molar-refractivity contribution >= 4 is 11.4 Å². The minimum atomic E-state index is 0.744. The number of nitrogens with one attached hydrogen (secondary N) is 1. The fourth-order valence-corrected chi connectivity index (χ4v) is 2.00. The molecule has 1 aromatic carbocycles. The van der Waals surface area contributed by atoms with Gasteiger partial charge >= 0.3 is 0 Å². The number of hydrogen-bond donors (Lipinski definition) is 2. The lowest BCUT2D eigenvalue weighted by molar-refractivity contribution is 0.394. The van der Waals surface area contributed by atoms with Crippen LogP contribution in [0.15, 0.2) is 18.2 Å². The molecule has 1 heterocycles. The summed E-state index contributed by atoms with van der Waals surface area (Å²) in [6.45, 7) is 5.65. The summed E-state index contributed by atoms with van der Waals surface area (Å²) in [6.07, 6.45) is 1.18. The first-order chi connectivity index (χ1) is 6.66. The van der Waals surface area contributed by atoms with Crippen LogP contribution in [0.1, 0.15) is 19.4 Å². The summed E-state index contributed by atoms with van der Waals surface area (Å²) in [4.78, 5) is 0. The van der Waals surface area contributed by atoms with Gasteiger partial charge in [-0.3, -0.25) is 0 Å². The first kappa shape index (κ1) is 9.38. The highest BCUT2D eigenvalue weighted by atomic mass is 14.9. The summed E-state index contributed by atoms with van der Waals surface area (Å²) < 4.78 is 0. The molecule has 0 radical (unpaired) electrons. The molecule has 0 saturated carbocycles.